The van der Waals surface area contributed by atoms with E-state index in [9.17, 15) is 4.79 Å². The monoisotopic (exact) mass is 563 g/mol. The van der Waals surface area contributed by atoms with E-state index in [2.05, 4.69) is 31.8 Å². The Bertz CT molecular complexity index is 824. The average molecular weight is 563 g/mol. The van der Waals surface area contributed by atoms with E-state index in [1.807, 2.05) is 14.6 Å². The third-order valence-electron chi connectivity index (χ3n) is 4.92. The zero-order valence-corrected chi connectivity index (χ0v) is 19.1. The summed E-state index contributed by atoms with van der Waals surface area (Å²) in [5.41, 5.74) is 3.70. The molecule has 9 heteroatoms. The number of unbranched alkanes of at least 4 members (excludes halogenated alkanes) is 1. The summed E-state index contributed by atoms with van der Waals surface area (Å²) in [5, 5.41) is 10.1. The second-order valence-electron chi connectivity index (χ2n) is 6.92. The summed E-state index contributed by atoms with van der Waals surface area (Å²) in [6, 6.07) is 3.65. The van der Waals surface area contributed by atoms with Gasteiger partial charge < -0.3 is 5.32 Å². The fourth-order valence-corrected chi connectivity index (χ4v) is 4.57. The Balaban J connectivity index is 1.20. The van der Waals surface area contributed by atoms with Gasteiger partial charge in [-0.25, -0.2) is 4.79 Å². The number of carbonyl (C=O) groups excluding carboxylic acids is 1. The van der Waals surface area contributed by atoms with E-state index in [0.717, 1.165) is 76.9 Å². The molecular weight excluding hydrogens is 539 g/mol. The zero-order chi connectivity index (χ0) is 18.6. The molecule has 2 amide bonds. The van der Waals surface area contributed by atoms with Crippen molar-refractivity contribution < 1.29 is 9.53 Å². The van der Waals surface area contributed by atoms with Crippen molar-refractivity contribution in [3.8, 4) is 5.88 Å². The van der Waals surface area contributed by atoms with Gasteiger partial charge in [-0.2, -0.15) is 0 Å². The number of carbonyl (C=O) groups is 1. The first-order valence-corrected chi connectivity index (χ1v) is 11.1. The Morgan fingerprint density at radius 3 is 3.07 bits per heavy atom. The maximum absolute atomic E-state index is 11.6. The minimum Gasteiger partial charge on any atom is -0.292 e. The number of urea groups is 1. The third-order valence-corrected chi connectivity index (χ3v) is 5.81. The summed E-state index contributed by atoms with van der Waals surface area (Å²) in [6.07, 6.45) is 6.10. The number of anilines is 1. The van der Waals surface area contributed by atoms with Crippen molar-refractivity contribution in [2.24, 2.45) is 0 Å². The van der Waals surface area contributed by atoms with Crippen LogP contribution in [-0.4, -0.2) is 75.8 Å². The molecular formula is C18H23N6O2Pb. The van der Waals surface area contributed by atoms with Gasteiger partial charge in [0, 0.05) is 6.54 Å². The Hall–Kier alpha value is -1.69. The van der Waals surface area contributed by atoms with Crippen LogP contribution < -0.4 is 15.4 Å². The van der Waals surface area contributed by atoms with Gasteiger partial charge in [0.25, 0.3) is 0 Å². The molecule has 0 unspecified atom stereocenters. The molecule has 0 aromatic carbocycles. The molecule has 4 rings (SSSR count). The number of amides is 2. The van der Waals surface area contributed by atoms with E-state index in [4.69, 9.17) is 4.74 Å². The summed E-state index contributed by atoms with van der Waals surface area (Å²) in [7, 11) is 0. The van der Waals surface area contributed by atoms with E-state index >= 15 is 0 Å². The molecule has 3 radical (unpaired) electrons. The first kappa shape index (κ1) is 18.7. The van der Waals surface area contributed by atoms with Crippen LogP contribution in [0.2, 0.25) is 0 Å². The molecule has 2 aromatic rings. The number of fused-ring (bicyclic) bond motifs is 2. The Morgan fingerprint density at radius 1 is 1.22 bits per heavy atom. The summed E-state index contributed by atoms with van der Waals surface area (Å²) in [4.78, 5) is 18.5. The van der Waals surface area contributed by atoms with Gasteiger partial charge in [0.15, 0.2) is 0 Å². The number of rotatable bonds is 6. The molecule has 2 aliphatic heterocycles. The first-order chi connectivity index (χ1) is 13.2. The Morgan fingerprint density at radius 2 is 2.15 bits per heavy atom. The molecule has 0 fully saturated rings. The van der Waals surface area contributed by atoms with Crippen LogP contribution in [0.4, 0.5) is 10.6 Å². The molecule has 27 heavy (non-hydrogen) atoms. The van der Waals surface area contributed by atoms with Gasteiger partial charge in [0.05, 0.1) is 0 Å². The fraction of sp³-hybridized carbons (Fsp3) is 0.500. The molecule has 2 N–H and O–H groups in total. The minimum atomic E-state index is -0.209. The average Bonchev–Trinajstić information content (AvgIpc) is 2.91. The van der Waals surface area contributed by atoms with Gasteiger partial charge in [-0.15, -0.1) is 0 Å². The number of hydrogen-bond donors (Lipinski definition) is 2. The van der Waals surface area contributed by atoms with Crippen LogP contribution in [0.3, 0.4) is 0 Å². The number of ether oxygens (including phenoxy) is 1. The topological polar surface area (TPSA) is 84.3 Å². The summed E-state index contributed by atoms with van der Waals surface area (Å²) in [6.45, 7) is 4.44. The number of pyridine rings is 1. The summed E-state index contributed by atoms with van der Waals surface area (Å²) >= 11 is 0.954. The minimum absolute atomic E-state index is 0.209. The van der Waals surface area contributed by atoms with Crippen LogP contribution >= 0.6 is 0 Å². The molecule has 141 valence electrons. The van der Waals surface area contributed by atoms with Gasteiger partial charge in [-0.1, -0.05) is 0 Å². The second-order valence-corrected chi connectivity index (χ2v) is 8.70. The number of nitrogens with one attached hydrogen (secondary N) is 2. The predicted molar refractivity (Wildman–Crippen MR) is 102 cm³/mol. The molecule has 0 aliphatic carbocycles. The van der Waals surface area contributed by atoms with Gasteiger partial charge >= 0.3 is 129 Å². The Labute approximate surface area is 174 Å². The Kier molecular flexibility index (Phi) is 5.91. The van der Waals surface area contributed by atoms with Crippen LogP contribution in [-0.2, 0) is 19.4 Å². The molecule has 0 saturated carbocycles. The van der Waals surface area contributed by atoms with Crippen molar-refractivity contribution in [3.05, 3.63) is 35.2 Å². The smallest absolute Gasteiger partial charge is 0.292 e. The second kappa shape index (κ2) is 8.55. The van der Waals surface area contributed by atoms with Gasteiger partial charge in [-0.3, -0.25) is 5.32 Å². The van der Waals surface area contributed by atoms with Crippen LogP contribution in [0.25, 0.3) is 0 Å². The van der Waals surface area contributed by atoms with Crippen molar-refractivity contribution >= 4 is 37.9 Å². The summed E-state index contributed by atoms with van der Waals surface area (Å²) in [5.74, 6) is 1.17. The molecule has 2 aromatic heterocycles. The van der Waals surface area contributed by atoms with Crippen molar-refractivity contribution in [2.75, 3.05) is 31.6 Å². The van der Waals surface area contributed by atoms with Gasteiger partial charge in [0.2, 0.25) is 0 Å². The van der Waals surface area contributed by atoms with E-state index in [-0.39, 0.29) is 6.03 Å². The van der Waals surface area contributed by atoms with E-state index < -0.39 is 0 Å². The van der Waals surface area contributed by atoms with Crippen molar-refractivity contribution in [3.63, 3.8) is 0 Å². The molecule has 4 heterocycles. The zero-order valence-electron chi connectivity index (χ0n) is 15.2. The van der Waals surface area contributed by atoms with E-state index in [1.54, 1.807) is 0 Å². The normalized spacial score (nSPS) is 16.7. The van der Waals surface area contributed by atoms with Crippen molar-refractivity contribution in [2.45, 2.75) is 32.2 Å². The first-order valence-electron chi connectivity index (χ1n) is 9.36. The molecule has 8 nitrogen and oxygen atoms in total. The van der Waals surface area contributed by atoms with Crippen molar-refractivity contribution in [1.82, 2.24) is 22.8 Å². The van der Waals surface area contributed by atoms with E-state index in [0.29, 0.717) is 24.8 Å². The maximum atomic E-state index is 11.6. The quantitative estimate of drug-likeness (QED) is 0.407. The van der Waals surface area contributed by atoms with Crippen LogP contribution in [0.5, 0.6) is 5.88 Å². The number of aromatic nitrogens is 3. The van der Waals surface area contributed by atoms with Crippen LogP contribution in [0, 0.1) is 0 Å². The fourth-order valence-electron chi connectivity index (χ4n) is 3.50. The molecule has 0 spiro atoms. The number of nitrogens with zero attached hydrogens (tertiary/aromatic N) is 4. The third kappa shape index (κ3) is 4.78. The SMILES string of the molecule is O=C1NCCc2ccc(OCCCCN3CCc4n[n]([Pb])cc4C3)nc2N1. The number of hydrogen-bond acceptors (Lipinski definition) is 5. The summed E-state index contributed by atoms with van der Waals surface area (Å²) < 4.78 is 7.84. The standard InChI is InChI=1S/C18H24N6O2.Pb/c25-18-19-7-5-13-3-4-16(21-17(13)22-18)26-10-2-1-8-24-9-6-15-14(12-24)11-20-23-15;/h3-4,11H,1-2,5-10,12H2,(H3,19,20,21,22,23,25);/q;+1/p-1. The van der Waals surface area contributed by atoms with Gasteiger partial charge in [0.1, 0.15) is 5.82 Å². The molecule has 0 bridgehead atoms. The molecule has 2 aliphatic rings. The molecule has 0 saturated heterocycles. The van der Waals surface area contributed by atoms with Crippen molar-refractivity contribution in [1.29, 1.82) is 0 Å². The van der Waals surface area contributed by atoms with E-state index in [1.165, 1.54) is 11.3 Å². The predicted octanol–water partition coefficient (Wildman–Crippen LogP) is 1.10. The van der Waals surface area contributed by atoms with Crippen LogP contribution in [0.1, 0.15) is 29.7 Å². The van der Waals surface area contributed by atoms with Crippen LogP contribution in [0.15, 0.2) is 18.3 Å². The molecule has 0 atom stereocenters. The van der Waals surface area contributed by atoms with Gasteiger partial charge in [-0.05, 0) is 18.1 Å².